The SMILES string of the molecule is O=[N+]([O-])C[C@H](O)C(F)(F)C(F)(F)C(F)(F)F. The predicted molar refractivity (Wildman–Crippen MR) is 33.8 cm³/mol. The van der Waals surface area contributed by atoms with Crippen LogP contribution in [0.4, 0.5) is 30.7 Å². The highest BCUT2D eigenvalue weighted by Gasteiger charge is 2.76. The molecule has 96 valence electrons. The van der Waals surface area contributed by atoms with Crippen LogP contribution < -0.4 is 0 Å². The Hall–Kier alpha value is -1.13. The normalized spacial score (nSPS) is 16.0. The zero-order valence-corrected chi connectivity index (χ0v) is 7.14. The van der Waals surface area contributed by atoms with Crippen molar-refractivity contribution in [2.24, 2.45) is 0 Å². The Morgan fingerprint density at radius 2 is 1.50 bits per heavy atom. The molecule has 0 aromatic heterocycles. The smallest absolute Gasteiger partial charge is 0.380 e. The van der Waals surface area contributed by atoms with E-state index in [1.807, 2.05) is 0 Å². The molecule has 0 aromatic rings. The predicted octanol–water partition coefficient (Wildman–Crippen LogP) is 1.46. The Morgan fingerprint density at radius 1 is 1.12 bits per heavy atom. The Balaban J connectivity index is 5.11. The van der Waals surface area contributed by atoms with Gasteiger partial charge in [0.05, 0.1) is 0 Å². The molecule has 0 saturated heterocycles. The third kappa shape index (κ3) is 2.51. The summed E-state index contributed by atoms with van der Waals surface area (Å²) < 4.78 is 83.7. The summed E-state index contributed by atoms with van der Waals surface area (Å²) in [6.07, 6.45) is -10.4. The lowest BCUT2D eigenvalue weighted by Crippen LogP contribution is -2.59. The quantitative estimate of drug-likeness (QED) is 0.472. The number of rotatable bonds is 4. The van der Waals surface area contributed by atoms with Crippen LogP contribution in [-0.2, 0) is 0 Å². The van der Waals surface area contributed by atoms with Crippen molar-refractivity contribution in [3.05, 3.63) is 10.1 Å². The van der Waals surface area contributed by atoms with E-state index in [0.29, 0.717) is 0 Å². The largest absolute Gasteiger partial charge is 0.459 e. The molecule has 0 aliphatic heterocycles. The highest BCUT2D eigenvalue weighted by molar-refractivity contribution is 4.95. The molecule has 0 unspecified atom stereocenters. The van der Waals surface area contributed by atoms with Crippen molar-refractivity contribution in [2.75, 3.05) is 6.54 Å². The first-order valence-electron chi connectivity index (χ1n) is 3.46. The second-order valence-corrected chi connectivity index (χ2v) is 2.73. The topological polar surface area (TPSA) is 63.4 Å². The maximum absolute atomic E-state index is 12.4. The fourth-order valence-electron chi connectivity index (χ4n) is 0.654. The van der Waals surface area contributed by atoms with Gasteiger partial charge in [0, 0.05) is 4.92 Å². The molecule has 0 bridgehead atoms. The van der Waals surface area contributed by atoms with Crippen LogP contribution >= 0.6 is 0 Å². The molecule has 11 heteroatoms. The minimum atomic E-state index is -6.62. The lowest BCUT2D eigenvalue weighted by molar-refractivity contribution is -0.504. The molecule has 0 aliphatic carbocycles. The lowest BCUT2D eigenvalue weighted by Gasteiger charge is -2.29. The van der Waals surface area contributed by atoms with E-state index in [9.17, 15) is 40.8 Å². The maximum Gasteiger partial charge on any atom is 0.459 e. The molecule has 16 heavy (non-hydrogen) atoms. The molecule has 1 atom stereocenters. The van der Waals surface area contributed by atoms with E-state index in [1.165, 1.54) is 0 Å². The van der Waals surface area contributed by atoms with Crippen LogP contribution in [0.3, 0.4) is 0 Å². The second kappa shape index (κ2) is 4.03. The lowest BCUT2D eigenvalue weighted by atomic mass is 10.1. The number of aliphatic hydroxyl groups is 1. The molecule has 0 saturated carbocycles. The van der Waals surface area contributed by atoms with E-state index in [1.54, 1.807) is 0 Å². The fourth-order valence-corrected chi connectivity index (χ4v) is 0.654. The fraction of sp³-hybridized carbons (Fsp3) is 1.00. The van der Waals surface area contributed by atoms with Gasteiger partial charge in [0.15, 0.2) is 6.10 Å². The van der Waals surface area contributed by atoms with Gasteiger partial charge in [-0.2, -0.15) is 30.7 Å². The molecule has 1 N–H and O–H groups in total. The van der Waals surface area contributed by atoms with Gasteiger partial charge in [0.25, 0.3) is 0 Å². The minimum Gasteiger partial charge on any atom is -0.380 e. The van der Waals surface area contributed by atoms with Crippen LogP contribution in [0.1, 0.15) is 0 Å². The molecule has 0 spiro atoms. The van der Waals surface area contributed by atoms with E-state index < -0.39 is 35.6 Å². The van der Waals surface area contributed by atoms with Crippen molar-refractivity contribution in [1.82, 2.24) is 0 Å². The molecule has 0 fully saturated rings. The highest BCUT2D eigenvalue weighted by Crippen LogP contribution is 2.47. The number of nitrogens with zero attached hydrogens (tertiary/aromatic N) is 1. The molecule has 0 rings (SSSR count). The molecule has 0 radical (unpaired) electrons. The van der Waals surface area contributed by atoms with Gasteiger partial charge < -0.3 is 5.11 Å². The summed E-state index contributed by atoms with van der Waals surface area (Å²) in [7, 11) is 0. The van der Waals surface area contributed by atoms with Crippen molar-refractivity contribution < 1.29 is 40.8 Å². The van der Waals surface area contributed by atoms with Crippen molar-refractivity contribution in [3.8, 4) is 0 Å². The van der Waals surface area contributed by atoms with Crippen molar-refractivity contribution in [2.45, 2.75) is 24.1 Å². The summed E-state index contributed by atoms with van der Waals surface area (Å²) in [4.78, 5) is 7.99. The van der Waals surface area contributed by atoms with Crippen LogP contribution in [0, 0.1) is 10.1 Å². The number of halogens is 7. The standard InChI is InChI=1S/C5H4F7NO3/c6-3(7,2(14)1-13(15)16)4(8,9)5(10,11)12/h2,14H,1H2/t2-/m0/s1. The van der Waals surface area contributed by atoms with Crippen molar-refractivity contribution in [3.63, 3.8) is 0 Å². The third-order valence-corrected chi connectivity index (χ3v) is 1.52. The van der Waals surface area contributed by atoms with Crippen LogP contribution in [0.25, 0.3) is 0 Å². The van der Waals surface area contributed by atoms with Crippen LogP contribution in [0.5, 0.6) is 0 Å². The van der Waals surface area contributed by atoms with Gasteiger partial charge in [-0.3, -0.25) is 10.1 Å². The first-order chi connectivity index (χ1) is 6.84. The van der Waals surface area contributed by atoms with Gasteiger partial charge in [-0.05, 0) is 0 Å². The number of nitro groups is 1. The number of aliphatic hydroxyl groups excluding tert-OH is 1. The van der Waals surface area contributed by atoms with Crippen LogP contribution in [-0.4, -0.2) is 40.7 Å². The molecule has 0 amide bonds. The molecule has 0 aromatic carbocycles. The van der Waals surface area contributed by atoms with Gasteiger partial charge in [0.1, 0.15) is 0 Å². The van der Waals surface area contributed by atoms with Crippen molar-refractivity contribution in [1.29, 1.82) is 0 Å². The van der Waals surface area contributed by atoms with E-state index in [2.05, 4.69) is 0 Å². The minimum absolute atomic E-state index is 1.63. The molecular formula is C5H4F7NO3. The zero-order valence-electron chi connectivity index (χ0n) is 7.14. The number of hydrogen-bond acceptors (Lipinski definition) is 3. The van der Waals surface area contributed by atoms with Gasteiger partial charge in [-0.25, -0.2) is 0 Å². The summed E-state index contributed by atoms with van der Waals surface area (Å²) in [5, 5.41) is 17.9. The summed E-state index contributed by atoms with van der Waals surface area (Å²) in [6, 6.07) is 0. The Kier molecular flexibility index (Phi) is 3.75. The van der Waals surface area contributed by atoms with E-state index in [0.717, 1.165) is 0 Å². The Bertz CT molecular complexity index is 276. The second-order valence-electron chi connectivity index (χ2n) is 2.73. The number of hydrogen-bond donors (Lipinski definition) is 1. The number of alkyl halides is 7. The summed E-state index contributed by atoms with van der Waals surface area (Å²) in [5.41, 5.74) is 0. The summed E-state index contributed by atoms with van der Waals surface area (Å²) in [5.74, 6) is -12.5. The molecular weight excluding hydrogens is 255 g/mol. The average molecular weight is 259 g/mol. The Labute approximate surface area is 82.8 Å². The first-order valence-corrected chi connectivity index (χ1v) is 3.46. The van der Waals surface area contributed by atoms with Gasteiger partial charge in [-0.1, -0.05) is 0 Å². The van der Waals surface area contributed by atoms with E-state index >= 15 is 0 Å². The summed E-state index contributed by atoms with van der Waals surface area (Å²) >= 11 is 0. The van der Waals surface area contributed by atoms with E-state index in [4.69, 9.17) is 5.11 Å². The van der Waals surface area contributed by atoms with E-state index in [-0.39, 0.29) is 0 Å². The highest BCUT2D eigenvalue weighted by atomic mass is 19.4. The third-order valence-electron chi connectivity index (χ3n) is 1.52. The molecule has 0 aliphatic rings. The van der Waals surface area contributed by atoms with Crippen LogP contribution in [0.15, 0.2) is 0 Å². The average Bonchev–Trinajstić information content (AvgIpc) is 2.00. The molecule has 0 heterocycles. The Morgan fingerprint density at radius 3 is 1.75 bits per heavy atom. The molecule has 4 nitrogen and oxygen atoms in total. The summed E-state index contributed by atoms with van der Waals surface area (Å²) in [6.45, 7) is -2.13. The van der Waals surface area contributed by atoms with Gasteiger partial charge in [-0.15, -0.1) is 0 Å². The van der Waals surface area contributed by atoms with Crippen LogP contribution in [0.2, 0.25) is 0 Å². The maximum atomic E-state index is 12.4. The zero-order chi connectivity index (χ0) is 13.4. The monoisotopic (exact) mass is 259 g/mol. The van der Waals surface area contributed by atoms with Gasteiger partial charge >= 0.3 is 18.0 Å². The van der Waals surface area contributed by atoms with Crippen molar-refractivity contribution >= 4 is 0 Å². The first kappa shape index (κ1) is 14.9. The van der Waals surface area contributed by atoms with Gasteiger partial charge in [0.2, 0.25) is 6.54 Å².